The van der Waals surface area contributed by atoms with Gasteiger partial charge in [-0.2, -0.15) is 0 Å². The smallest absolute Gasteiger partial charge is 0.131 e. The lowest BCUT2D eigenvalue weighted by molar-refractivity contribution is 0.624. The summed E-state index contributed by atoms with van der Waals surface area (Å²) in [6.45, 7) is 2.11. The van der Waals surface area contributed by atoms with Gasteiger partial charge in [0.15, 0.2) is 0 Å². The van der Waals surface area contributed by atoms with Crippen molar-refractivity contribution < 1.29 is 0 Å². The van der Waals surface area contributed by atoms with Gasteiger partial charge >= 0.3 is 0 Å². The van der Waals surface area contributed by atoms with Crippen LogP contribution in [0.4, 0.5) is 0 Å². The van der Waals surface area contributed by atoms with E-state index in [1.54, 1.807) is 0 Å². The van der Waals surface area contributed by atoms with Crippen molar-refractivity contribution in [3.63, 3.8) is 0 Å². The molecule has 1 heterocycles. The zero-order valence-electron chi connectivity index (χ0n) is 8.12. The molecule has 1 fully saturated rings. The van der Waals surface area contributed by atoms with E-state index in [9.17, 15) is 0 Å². The zero-order valence-corrected chi connectivity index (χ0v) is 8.12. The lowest BCUT2D eigenvalue weighted by Crippen LogP contribution is -2.14. The molecule has 0 aliphatic heterocycles. The summed E-state index contributed by atoms with van der Waals surface area (Å²) in [5.74, 6) is 1.67. The molecule has 0 bridgehead atoms. The minimum atomic E-state index is 0.320. The third kappa shape index (κ3) is 1.86. The van der Waals surface area contributed by atoms with E-state index in [1.165, 1.54) is 12.8 Å². The Kier molecular flexibility index (Phi) is 2.27. The van der Waals surface area contributed by atoms with Gasteiger partial charge in [0.05, 0.1) is 5.69 Å². The highest BCUT2D eigenvalue weighted by molar-refractivity contribution is 5.12. The first-order valence-electron chi connectivity index (χ1n) is 4.81. The molecule has 3 nitrogen and oxygen atoms in total. The molecule has 0 spiro atoms. The standard InChI is InChI=1S/C10H15N3/c1-7(11-2)9-5-6-12-10(13-9)8-3-4-8/h5-8,11H,3-4H2,1-2H3/t7-/m0/s1. The van der Waals surface area contributed by atoms with E-state index in [-0.39, 0.29) is 0 Å². The maximum Gasteiger partial charge on any atom is 0.131 e. The van der Waals surface area contributed by atoms with Crippen LogP contribution in [0.25, 0.3) is 0 Å². The van der Waals surface area contributed by atoms with Crippen molar-refractivity contribution in [2.24, 2.45) is 0 Å². The van der Waals surface area contributed by atoms with E-state index < -0.39 is 0 Å². The summed E-state index contributed by atoms with van der Waals surface area (Å²) >= 11 is 0. The van der Waals surface area contributed by atoms with Crippen LogP contribution in [0.2, 0.25) is 0 Å². The van der Waals surface area contributed by atoms with Gasteiger partial charge in [0, 0.05) is 18.2 Å². The van der Waals surface area contributed by atoms with Crippen LogP contribution in [-0.2, 0) is 0 Å². The van der Waals surface area contributed by atoms with Gasteiger partial charge in [-0.05, 0) is 32.9 Å². The monoisotopic (exact) mass is 177 g/mol. The summed E-state index contributed by atoms with van der Waals surface area (Å²) in [6.07, 6.45) is 4.39. The normalized spacial score (nSPS) is 18.6. The minimum absolute atomic E-state index is 0.320. The summed E-state index contributed by atoms with van der Waals surface area (Å²) in [6, 6.07) is 2.30. The summed E-state index contributed by atoms with van der Waals surface area (Å²) < 4.78 is 0. The van der Waals surface area contributed by atoms with Crippen molar-refractivity contribution in [1.29, 1.82) is 0 Å². The predicted molar refractivity (Wildman–Crippen MR) is 51.5 cm³/mol. The van der Waals surface area contributed by atoms with Crippen molar-refractivity contribution in [2.45, 2.75) is 31.7 Å². The molecule has 1 aromatic rings. The fraction of sp³-hybridized carbons (Fsp3) is 0.600. The van der Waals surface area contributed by atoms with Crippen molar-refractivity contribution in [3.05, 3.63) is 23.8 Å². The van der Waals surface area contributed by atoms with Gasteiger partial charge in [0.25, 0.3) is 0 Å². The second-order valence-electron chi connectivity index (χ2n) is 3.62. The average molecular weight is 177 g/mol. The van der Waals surface area contributed by atoms with Gasteiger partial charge in [-0.25, -0.2) is 9.97 Å². The molecule has 1 aromatic heterocycles. The van der Waals surface area contributed by atoms with Crippen LogP contribution < -0.4 is 5.32 Å². The van der Waals surface area contributed by atoms with Crippen LogP contribution in [0.15, 0.2) is 12.3 Å². The Balaban J connectivity index is 2.21. The van der Waals surface area contributed by atoms with Crippen LogP contribution >= 0.6 is 0 Å². The van der Waals surface area contributed by atoms with E-state index in [2.05, 4.69) is 22.2 Å². The third-order valence-electron chi connectivity index (χ3n) is 2.51. The Bertz CT molecular complexity index is 294. The molecule has 0 aromatic carbocycles. The third-order valence-corrected chi connectivity index (χ3v) is 2.51. The second kappa shape index (κ2) is 3.42. The summed E-state index contributed by atoms with van der Waals surface area (Å²) in [4.78, 5) is 8.81. The van der Waals surface area contributed by atoms with Crippen molar-refractivity contribution in [2.75, 3.05) is 7.05 Å². The molecule has 0 saturated heterocycles. The first kappa shape index (κ1) is 8.63. The van der Waals surface area contributed by atoms with E-state index in [0.717, 1.165) is 11.5 Å². The molecule has 0 radical (unpaired) electrons. The fourth-order valence-corrected chi connectivity index (χ4v) is 1.32. The zero-order chi connectivity index (χ0) is 9.26. The summed E-state index contributed by atoms with van der Waals surface area (Å²) in [5.41, 5.74) is 1.10. The van der Waals surface area contributed by atoms with E-state index in [0.29, 0.717) is 12.0 Å². The Morgan fingerprint density at radius 1 is 1.54 bits per heavy atom. The quantitative estimate of drug-likeness (QED) is 0.762. The number of aromatic nitrogens is 2. The number of rotatable bonds is 3. The van der Waals surface area contributed by atoms with Crippen molar-refractivity contribution in [1.82, 2.24) is 15.3 Å². The number of nitrogens with zero attached hydrogens (tertiary/aromatic N) is 2. The first-order chi connectivity index (χ1) is 6.31. The molecule has 3 heteroatoms. The highest BCUT2D eigenvalue weighted by atomic mass is 14.9. The topological polar surface area (TPSA) is 37.8 Å². The van der Waals surface area contributed by atoms with Crippen LogP contribution in [0.3, 0.4) is 0 Å². The number of hydrogen-bond donors (Lipinski definition) is 1. The lowest BCUT2D eigenvalue weighted by Gasteiger charge is -2.09. The van der Waals surface area contributed by atoms with E-state index in [4.69, 9.17) is 0 Å². The molecule has 70 valence electrons. The Hall–Kier alpha value is -0.960. The largest absolute Gasteiger partial charge is 0.312 e. The molecule has 1 N–H and O–H groups in total. The van der Waals surface area contributed by atoms with E-state index >= 15 is 0 Å². The van der Waals surface area contributed by atoms with Crippen molar-refractivity contribution in [3.8, 4) is 0 Å². The fourth-order valence-electron chi connectivity index (χ4n) is 1.32. The van der Waals surface area contributed by atoms with Gasteiger partial charge in [-0.1, -0.05) is 0 Å². The molecule has 13 heavy (non-hydrogen) atoms. The molecule has 0 unspecified atom stereocenters. The highest BCUT2D eigenvalue weighted by Crippen LogP contribution is 2.37. The van der Waals surface area contributed by atoms with Crippen LogP contribution in [0, 0.1) is 0 Å². The van der Waals surface area contributed by atoms with Gasteiger partial charge in [0.2, 0.25) is 0 Å². The minimum Gasteiger partial charge on any atom is -0.312 e. The molecular weight excluding hydrogens is 162 g/mol. The first-order valence-corrected chi connectivity index (χ1v) is 4.81. The van der Waals surface area contributed by atoms with Crippen LogP contribution in [-0.4, -0.2) is 17.0 Å². The van der Waals surface area contributed by atoms with Gasteiger partial charge in [-0.3, -0.25) is 0 Å². The molecule has 1 saturated carbocycles. The molecular formula is C10H15N3. The molecule has 1 aliphatic carbocycles. The Morgan fingerprint density at radius 3 is 2.92 bits per heavy atom. The SMILES string of the molecule is CN[C@@H](C)c1ccnc(C2CC2)n1. The Labute approximate surface area is 78.6 Å². The number of nitrogens with one attached hydrogen (secondary N) is 1. The Morgan fingerprint density at radius 2 is 2.31 bits per heavy atom. The summed E-state index contributed by atoms with van der Waals surface area (Å²) in [7, 11) is 1.95. The van der Waals surface area contributed by atoms with E-state index in [1.807, 2.05) is 19.3 Å². The van der Waals surface area contributed by atoms with Crippen LogP contribution in [0.5, 0.6) is 0 Å². The second-order valence-corrected chi connectivity index (χ2v) is 3.62. The molecule has 1 atom stereocenters. The van der Waals surface area contributed by atoms with Gasteiger partial charge < -0.3 is 5.32 Å². The molecule has 2 rings (SSSR count). The highest BCUT2D eigenvalue weighted by Gasteiger charge is 2.26. The molecule has 1 aliphatic rings. The van der Waals surface area contributed by atoms with Gasteiger partial charge in [0.1, 0.15) is 5.82 Å². The maximum atomic E-state index is 4.53. The number of hydrogen-bond acceptors (Lipinski definition) is 3. The average Bonchev–Trinajstić information content (AvgIpc) is 3.00. The summed E-state index contributed by atoms with van der Waals surface area (Å²) in [5, 5.41) is 3.18. The van der Waals surface area contributed by atoms with Crippen LogP contribution in [0.1, 0.15) is 43.2 Å². The van der Waals surface area contributed by atoms with Crippen molar-refractivity contribution >= 4 is 0 Å². The molecule has 0 amide bonds. The lowest BCUT2D eigenvalue weighted by atomic mass is 10.2. The van der Waals surface area contributed by atoms with Gasteiger partial charge in [-0.15, -0.1) is 0 Å². The maximum absolute atomic E-state index is 4.53. The predicted octanol–water partition coefficient (Wildman–Crippen LogP) is 1.63.